The molecule has 0 aliphatic carbocycles. The van der Waals surface area contributed by atoms with Crippen molar-refractivity contribution in [2.45, 2.75) is 12.5 Å². The lowest BCUT2D eigenvalue weighted by atomic mass is 9.93. The van der Waals surface area contributed by atoms with Gasteiger partial charge in [0.15, 0.2) is 0 Å². The van der Waals surface area contributed by atoms with Crippen LogP contribution >= 0.6 is 24.8 Å². The lowest BCUT2D eigenvalue weighted by molar-refractivity contribution is -0.120. The van der Waals surface area contributed by atoms with Gasteiger partial charge in [0.2, 0.25) is 5.91 Å². The van der Waals surface area contributed by atoms with Crippen molar-refractivity contribution in [1.82, 2.24) is 10.3 Å². The Hall–Kier alpha value is -1.40. The highest BCUT2D eigenvalue weighted by atomic mass is 35.5. The summed E-state index contributed by atoms with van der Waals surface area (Å²) in [7, 11) is 0. The molecule has 0 unspecified atom stereocenters. The Kier molecular flexibility index (Phi) is 7.72. The van der Waals surface area contributed by atoms with Gasteiger partial charge in [0, 0.05) is 17.5 Å². The fourth-order valence-electron chi connectivity index (χ4n) is 2.84. The van der Waals surface area contributed by atoms with E-state index in [0.717, 1.165) is 17.3 Å². The fourth-order valence-corrected chi connectivity index (χ4v) is 2.84. The van der Waals surface area contributed by atoms with Gasteiger partial charge in [0.1, 0.15) is 0 Å². The molecule has 3 rings (SSSR count). The molecule has 1 aromatic carbocycles. The van der Waals surface area contributed by atoms with Gasteiger partial charge in [-0.1, -0.05) is 18.2 Å². The number of amides is 1. The Labute approximate surface area is 147 Å². The van der Waals surface area contributed by atoms with Crippen LogP contribution in [0.5, 0.6) is 0 Å². The number of rotatable bonds is 4. The minimum Gasteiger partial charge on any atom is -0.379 e. The van der Waals surface area contributed by atoms with Crippen LogP contribution in [-0.4, -0.2) is 36.7 Å². The molecule has 3 N–H and O–H groups in total. The van der Waals surface area contributed by atoms with E-state index in [1.807, 2.05) is 30.5 Å². The first kappa shape index (κ1) is 19.6. The van der Waals surface area contributed by atoms with Crippen LogP contribution in [0.4, 0.5) is 0 Å². The van der Waals surface area contributed by atoms with E-state index in [-0.39, 0.29) is 49.2 Å². The zero-order valence-corrected chi connectivity index (χ0v) is 14.2. The molecular weight excluding hydrogens is 337 g/mol. The van der Waals surface area contributed by atoms with Gasteiger partial charge in [-0.05, 0) is 24.1 Å². The van der Waals surface area contributed by atoms with Gasteiger partial charge in [-0.15, -0.1) is 24.8 Å². The fraction of sp³-hybridized carbons (Fsp3) is 0.375. The van der Waals surface area contributed by atoms with E-state index >= 15 is 0 Å². The molecule has 0 saturated carbocycles. The Balaban J connectivity index is 0.00000132. The van der Waals surface area contributed by atoms with E-state index in [2.05, 4.69) is 16.4 Å². The predicted octanol–water partition coefficient (Wildman–Crippen LogP) is 1.71. The van der Waals surface area contributed by atoms with E-state index in [1.54, 1.807) is 0 Å². The Bertz CT molecular complexity index is 649. The van der Waals surface area contributed by atoms with Crippen LogP contribution in [0.15, 0.2) is 36.5 Å². The van der Waals surface area contributed by atoms with E-state index in [4.69, 9.17) is 10.5 Å². The van der Waals surface area contributed by atoms with Crippen LogP contribution in [0.25, 0.3) is 10.9 Å². The summed E-state index contributed by atoms with van der Waals surface area (Å²) in [5.41, 5.74) is 7.60. The van der Waals surface area contributed by atoms with Crippen molar-refractivity contribution in [3.8, 4) is 0 Å². The molecule has 1 aliphatic rings. The molecule has 2 heterocycles. The molecule has 0 spiro atoms. The maximum Gasteiger partial charge on any atom is 0.234 e. The maximum absolute atomic E-state index is 11.5. The topological polar surface area (TPSA) is 77.2 Å². The van der Waals surface area contributed by atoms with Gasteiger partial charge in [0.25, 0.3) is 0 Å². The highest BCUT2D eigenvalue weighted by Crippen LogP contribution is 2.24. The molecule has 126 valence electrons. The second-order valence-electron chi connectivity index (χ2n) is 5.37. The average Bonchev–Trinajstić information content (AvgIpc) is 2.94. The monoisotopic (exact) mass is 357 g/mol. The van der Waals surface area contributed by atoms with Crippen LogP contribution in [0.2, 0.25) is 0 Å². The lowest BCUT2D eigenvalue weighted by Gasteiger charge is -2.19. The van der Waals surface area contributed by atoms with Crippen molar-refractivity contribution in [2.24, 2.45) is 11.7 Å². The maximum atomic E-state index is 11.5. The highest BCUT2D eigenvalue weighted by Gasteiger charge is 2.29. The smallest absolute Gasteiger partial charge is 0.234 e. The van der Waals surface area contributed by atoms with Gasteiger partial charge in [-0.25, -0.2) is 0 Å². The van der Waals surface area contributed by atoms with E-state index in [9.17, 15) is 4.79 Å². The van der Waals surface area contributed by atoms with Gasteiger partial charge in [0.05, 0.1) is 31.3 Å². The number of para-hydroxylation sites is 1. The first-order chi connectivity index (χ1) is 10.3. The SMILES string of the molecule is Cl.Cl.NCC(=O)N[C@@H]1COC[C@H]1Cc1ccnc2ccccc12. The number of fused-ring (bicyclic) bond motifs is 1. The van der Waals surface area contributed by atoms with Crippen molar-refractivity contribution < 1.29 is 9.53 Å². The minimum atomic E-state index is -0.130. The largest absolute Gasteiger partial charge is 0.379 e. The van der Waals surface area contributed by atoms with Crippen LogP contribution in [0, 0.1) is 5.92 Å². The van der Waals surface area contributed by atoms with Crippen LogP contribution in [0.3, 0.4) is 0 Å². The van der Waals surface area contributed by atoms with Crippen LogP contribution in [-0.2, 0) is 16.0 Å². The van der Waals surface area contributed by atoms with Crippen LogP contribution in [0.1, 0.15) is 5.56 Å². The third kappa shape index (κ3) is 4.54. The molecule has 2 aromatic rings. The molecule has 0 bridgehead atoms. The average molecular weight is 358 g/mol. The second-order valence-corrected chi connectivity index (χ2v) is 5.37. The molecule has 1 saturated heterocycles. The van der Waals surface area contributed by atoms with Gasteiger partial charge >= 0.3 is 0 Å². The summed E-state index contributed by atoms with van der Waals surface area (Å²) in [5, 5.41) is 4.11. The van der Waals surface area contributed by atoms with Crippen molar-refractivity contribution in [3.05, 3.63) is 42.1 Å². The molecule has 1 amide bonds. The Morgan fingerprint density at radius 1 is 1.26 bits per heavy atom. The molecule has 1 aliphatic heterocycles. The van der Waals surface area contributed by atoms with Crippen molar-refractivity contribution >= 4 is 41.6 Å². The predicted molar refractivity (Wildman–Crippen MR) is 95.2 cm³/mol. The Morgan fingerprint density at radius 3 is 2.83 bits per heavy atom. The van der Waals surface area contributed by atoms with E-state index in [1.165, 1.54) is 5.56 Å². The Morgan fingerprint density at radius 2 is 2.04 bits per heavy atom. The zero-order chi connectivity index (χ0) is 14.7. The number of carbonyl (C=O) groups is 1. The molecule has 23 heavy (non-hydrogen) atoms. The molecule has 0 radical (unpaired) electrons. The summed E-state index contributed by atoms with van der Waals surface area (Å²) in [6.07, 6.45) is 2.69. The molecule has 1 aromatic heterocycles. The summed E-state index contributed by atoms with van der Waals surface area (Å²) in [5.74, 6) is 0.140. The number of nitrogens with two attached hydrogens (primary N) is 1. The summed E-state index contributed by atoms with van der Waals surface area (Å²) >= 11 is 0. The highest BCUT2D eigenvalue weighted by molar-refractivity contribution is 5.85. The molecule has 2 atom stereocenters. The molecule has 5 nitrogen and oxygen atoms in total. The van der Waals surface area contributed by atoms with E-state index < -0.39 is 0 Å². The number of nitrogens with zero attached hydrogens (tertiary/aromatic N) is 1. The van der Waals surface area contributed by atoms with Crippen molar-refractivity contribution in [2.75, 3.05) is 19.8 Å². The number of halogens is 2. The quantitative estimate of drug-likeness (QED) is 0.872. The standard InChI is InChI=1S/C16H19N3O2.2ClH/c17-8-16(20)19-15-10-21-9-12(15)7-11-5-6-18-14-4-2-1-3-13(11)14;;/h1-6,12,15H,7-10,17H2,(H,19,20);2*1H/t12-,15-;;/m1../s1. The van der Waals surface area contributed by atoms with E-state index in [0.29, 0.717) is 13.2 Å². The summed E-state index contributed by atoms with van der Waals surface area (Å²) in [6, 6.07) is 10.2. The molecule has 1 fully saturated rings. The summed E-state index contributed by atoms with van der Waals surface area (Å²) < 4.78 is 5.53. The van der Waals surface area contributed by atoms with Gasteiger partial charge in [-0.3, -0.25) is 9.78 Å². The number of nitrogens with one attached hydrogen (secondary N) is 1. The number of ether oxygens (including phenoxy) is 1. The number of hydrogen-bond donors (Lipinski definition) is 2. The van der Waals surface area contributed by atoms with Crippen LogP contribution < -0.4 is 11.1 Å². The number of aromatic nitrogens is 1. The minimum absolute atomic E-state index is 0. The first-order valence-electron chi connectivity index (χ1n) is 7.17. The number of benzene rings is 1. The second kappa shape index (κ2) is 9.03. The summed E-state index contributed by atoms with van der Waals surface area (Å²) in [4.78, 5) is 15.9. The third-order valence-corrected chi connectivity index (χ3v) is 3.95. The number of pyridine rings is 1. The molecule has 7 heteroatoms. The summed E-state index contributed by atoms with van der Waals surface area (Å²) in [6.45, 7) is 1.23. The third-order valence-electron chi connectivity index (χ3n) is 3.95. The zero-order valence-electron chi connectivity index (χ0n) is 12.6. The normalized spacial score (nSPS) is 19.7. The van der Waals surface area contributed by atoms with Gasteiger partial charge < -0.3 is 15.8 Å². The van der Waals surface area contributed by atoms with Gasteiger partial charge in [-0.2, -0.15) is 0 Å². The number of hydrogen-bond acceptors (Lipinski definition) is 4. The van der Waals surface area contributed by atoms with Crippen molar-refractivity contribution in [1.29, 1.82) is 0 Å². The lowest BCUT2D eigenvalue weighted by Crippen LogP contribution is -2.43. The first-order valence-corrected chi connectivity index (χ1v) is 7.17. The van der Waals surface area contributed by atoms with Crippen molar-refractivity contribution in [3.63, 3.8) is 0 Å². The number of carbonyl (C=O) groups excluding carboxylic acids is 1. The molecular formula is C16H21Cl2N3O2.